The van der Waals surface area contributed by atoms with Gasteiger partial charge in [0.25, 0.3) is 11.1 Å². The minimum Gasteiger partial charge on any atom is -0.423 e. The lowest BCUT2D eigenvalue weighted by Gasteiger charge is -2.37. The van der Waals surface area contributed by atoms with E-state index in [9.17, 15) is 44.8 Å². The Morgan fingerprint density at radius 1 is 0.530 bits per heavy atom. The van der Waals surface area contributed by atoms with Crippen molar-refractivity contribution < 1.29 is 54.7 Å². The van der Waals surface area contributed by atoms with Crippen molar-refractivity contribution >= 4 is 132 Å². The van der Waals surface area contributed by atoms with Crippen LogP contribution in [0.15, 0.2) is 170 Å². The second-order valence-electron chi connectivity index (χ2n) is 34.2. The van der Waals surface area contributed by atoms with Crippen molar-refractivity contribution in [1.29, 1.82) is 10.5 Å². The molecule has 5 aliphatic carbocycles. The summed E-state index contributed by atoms with van der Waals surface area (Å²) in [5, 5.41) is 47.8. The molecule has 0 radical (unpaired) electrons. The van der Waals surface area contributed by atoms with Gasteiger partial charge >= 0.3 is 7.12 Å². The molecule has 0 bridgehead atoms. The van der Waals surface area contributed by atoms with Crippen molar-refractivity contribution in [2.75, 3.05) is 25.1 Å². The average Bonchev–Trinajstić information content (AvgIpc) is 0.738. The molecule has 1 saturated heterocycles. The van der Waals surface area contributed by atoms with Crippen LogP contribution in [0.1, 0.15) is 186 Å². The second kappa shape index (κ2) is 53.7. The number of nitriles is 2. The summed E-state index contributed by atoms with van der Waals surface area (Å²) in [5.41, 5.74) is 24.9. The van der Waals surface area contributed by atoms with Crippen LogP contribution in [0.4, 0.5) is 27.6 Å². The Labute approximate surface area is 800 Å². The average molecular weight is 2040 g/mol. The Morgan fingerprint density at radius 2 is 0.933 bits per heavy atom. The van der Waals surface area contributed by atoms with Gasteiger partial charge in [-0.1, -0.05) is 85.6 Å². The molecule has 1 aliphatic heterocycles. The molecule has 134 heavy (non-hydrogen) atoms. The predicted octanol–water partition coefficient (Wildman–Crippen LogP) is 18.2. The number of hydrogen-bond acceptors (Lipinski definition) is 26. The third-order valence-corrected chi connectivity index (χ3v) is 28.2. The van der Waals surface area contributed by atoms with E-state index in [0.717, 1.165) is 136 Å². The molecule has 0 spiro atoms. The van der Waals surface area contributed by atoms with Crippen LogP contribution in [0, 0.1) is 51.7 Å². The van der Waals surface area contributed by atoms with E-state index in [2.05, 4.69) is 161 Å². The summed E-state index contributed by atoms with van der Waals surface area (Å²) in [5.74, 6) is -12.2. The molecule has 7 aromatic heterocycles. The monoisotopic (exact) mass is 2040 g/mol. The van der Waals surface area contributed by atoms with Crippen LogP contribution in [0.2, 0.25) is 51.4 Å². The van der Waals surface area contributed by atoms with Gasteiger partial charge in [-0.15, -0.1) is 0 Å². The van der Waals surface area contributed by atoms with Gasteiger partial charge in [-0.05, 0) is 239 Å². The molecule has 41 heteroatoms. The lowest BCUT2D eigenvalue weighted by atomic mass is 9.74. The van der Waals surface area contributed by atoms with Crippen LogP contribution in [-0.2, 0) is 57.4 Å². The largest absolute Gasteiger partial charge is 0.483 e. The van der Waals surface area contributed by atoms with Crippen molar-refractivity contribution in [3.8, 4) is 12.1 Å². The molecule has 6 aliphatic rings. The normalized spacial score (nSPS) is 15.3. The third-order valence-electron chi connectivity index (χ3n) is 21.7. The number of nitrogens with zero attached hydrogens (tertiary/aromatic N) is 17. The number of halogens is 8. The quantitative estimate of drug-likeness (QED) is 0.00991. The van der Waals surface area contributed by atoms with Gasteiger partial charge in [0.1, 0.15) is 36.2 Å². The minimum atomic E-state index is -5.09. The molecular formula is C93H111BBr2ClF5N20O9SSi2. The van der Waals surface area contributed by atoms with E-state index >= 15 is 0 Å². The van der Waals surface area contributed by atoms with E-state index in [-0.39, 0.29) is 41.9 Å². The van der Waals surface area contributed by atoms with Crippen molar-refractivity contribution in [3.63, 3.8) is 0 Å². The number of anilines is 1. The van der Waals surface area contributed by atoms with Crippen LogP contribution in [0.5, 0.6) is 0 Å². The fourth-order valence-electron chi connectivity index (χ4n) is 13.9. The Bertz CT molecular complexity index is 6000. The summed E-state index contributed by atoms with van der Waals surface area (Å²) in [4.78, 5) is 76.0. The Hall–Kier alpha value is -10.4. The summed E-state index contributed by atoms with van der Waals surface area (Å²) in [6.45, 7) is 16.7. The molecule has 8 heterocycles. The molecule has 0 saturated carbocycles. The highest BCUT2D eigenvalue weighted by Gasteiger charge is 2.46. The third kappa shape index (κ3) is 33.5. The highest BCUT2D eigenvalue weighted by Crippen LogP contribution is 2.35. The lowest BCUT2D eigenvalue weighted by Crippen LogP contribution is -2.54. The number of ether oxygens (including phenoxy) is 2. The van der Waals surface area contributed by atoms with Gasteiger partial charge in [0, 0.05) is 69.9 Å². The van der Waals surface area contributed by atoms with Crippen molar-refractivity contribution in [1.82, 2.24) is 73.7 Å². The minimum absolute atomic E-state index is 0.0169. The van der Waals surface area contributed by atoms with Crippen LogP contribution in [0.25, 0.3) is 43.8 Å². The number of sulfonamides is 1. The maximum atomic E-state index is 13.5. The van der Waals surface area contributed by atoms with E-state index < -0.39 is 78.6 Å². The zero-order valence-electron chi connectivity index (χ0n) is 75.8. The Kier molecular flexibility index (Phi) is 43.0. The number of nitrogens with two attached hydrogens (primary N) is 2. The van der Waals surface area contributed by atoms with Crippen molar-refractivity contribution in [2.24, 2.45) is 11.5 Å². The van der Waals surface area contributed by atoms with Crippen LogP contribution >= 0.6 is 43.5 Å². The summed E-state index contributed by atoms with van der Waals surface area (Å²) in [7, 11) is -8.54. The van der Waals surface area contributed by atoms with Gasteiger partial charge in [0.2, 0.25) is 21.1 Å². The lowest BCUT2D eigenvalue weighted by molar-refractivity contribution is -0.117. The number of hydrogen-bond donors (Lipinski definition) is 5. The smallest absolute Gasteiger partial charge is 0.423 e. The standard InChI is InChI=1S/C25H33N5O2Si.C14H19BrN2O2Si.2C11H15N3.C11H11N3.C10H5ClF5NO3S.C6H11BO2.C5H2BrN3/c1-33(2,3)12-11-32-18-30-25(31)23-10-9-21(13-20(23)14-29-30)26-15-22-16-28-24(17-27-22)19-7-5-4-6-8-19;1-20(2,3)7-6-19-10-17-14(18)13-5-4-12(15)8-11(13)9-16-17;3*12-6-10-7-14-11(8-13-10)9-4-2-1-3-5-9;11-10(18)3-1-2-17(3)21(19,20)9-7(15)5(13)4(12)6(14)8(9)16;8-7(9)6-4-2-1-3-5-6;6-5-3-8-4(1-7)2-9-5/h7,9-10,13-14,16-17,26H,4-6,8,11-12,15,18H2,1-3H3;4-5,8-9H,6-7,10H2,1-3H3;2*4,7-8H,1-3,5-6,12H2;4,7-8H,1-3,5H2;3H,1-2H2;4,8-9H,1-3,5H2;2-3H/t;;;;;3-;;/m.....1../s1. The van der Waals surface area contributed by atoms with E-state index in [0.29, 0.717) is 59.6 Å². The zero-order chi connectivity index (χ0) is 96.9. The molecule has 0 unspecified atom stereocenters. The van der Waals surface area contributed by atoms with Gasteiger partial charge in [-0.25, -0.2) is 54.7 Å². The van der Waals surface area contributed by atoms with Crippen molar-refractivity contribution in [2.45, 2.75) is 230 Å². The van der Waals surface area contributed by atoms with Gasteiger partial charge in [0.05, 0.1) is 132 Å². The topological polar surface area (TPSA) is 424 Å². The molecule has 16 rings (SSSR count). The van der Waals surface area contributed by atoms with E-state index in [1.54, 1.807) is 31.0 Å². The number of carbonyl (C=O) groups is 1. The van der Waals surface area contributed by atoms with Gasteiger partial charge in [-0.3, -0.25) is 49.3 Å². The summed E-state index contributed by atoms with van der Waals surface area (Å²) in [6.07, 6.45) is 54.8. The highest BCUT2D eigenvalue weighted by atomic mass is 79.9. The van der Waals surface area contributed by atoms with Gasteiger partial charge in [-0.2, -0.15) is 25.0 Å². The Balaban J connectivity index is 0.000000178. The van der Waals surface area contributed by atoms with E-state index in [1.165, 1.54) is 121 Å². The fourth-order valence-corrected chi connectivity index (χ4v) is 18.0. The second-order valence-corrected chi connectivity index (χ2v) is 49.4. The van der Waals surface area contributed by atoms with Gasteiger partial charge in [0.15, 0.2) is 39.6 Å². The number of rotatable bonds is 23. The number of aromatic nitrogens is 14. The van der Waals surface area contributed by atoms with Crippen molar-refractivity contribution in [3.05, 3.63) is 257 Å². The maximum Gasteiger partial charge on any atom is 0.483 e. The molecule has 1 atom stereocenters. The summed E-state index contributed by atoms with van der Waals surface area (Å²) >= 11 is 11.6. The van der Waals surface area contributed by atoms with Gasteiger partial charge < -0.3 is 36.3 Å². The summed E-state index contributed by atoms with van der Waals surface area (Å²) < 4.78 is 106. The number of nitrogens with one attached hydrogen (secondary N) is 1. The first-order valence-corrected chi connectivity index (χ1v) is 55.0. The fraction of sp³-hybridized carbons (Fsp3) is 0.409. The number of carbonyl (C=O) groups excluding carboxylic acids is 1. The first kappa shape index (κ1) is 107. The number of allylic oxidation sites excluding steroid dienone is 10. The first-order valence-electron chi connectivity index (χ1n) is 44.2. The molecule has 3 aromatic carbocycles. The highest BCUT2D eigenvalue weighted by molar-refractivity contribution is 9.10. The van der Waals surface area contributed by atoms with Crippen LogP contribution in [-0.4, -0.2) is 146 Å². The number of benzene rings is 3. The summed E-state index contributed by atoms with van der Waals surface area (Å²) in [6, 6.07) is 15.8. The predicted molar refractivity (Wildman–Crippen MR) is 520 cm³/mol. The molecule has 1 fully saturated rings. The SMILES string of the molecule is C[Si](C)(C)CCOCn1ncc2cc(Br)ccc2c1=O.C[Si](C)(C)CCOCn1ncc2cc(NCc3cnc(C4=CCCCC4)cn3)ccc2c1=O.N#Cc1cnc(Br)cn1.N#Cc1cnc(C2=CCCCC2)cn1.NCc1cnc(C2=CCCCC2)cn1.NCc1cnc(C2=CCCCC2)cn1.O=C(Cl)[C@H]1CCN1S(=O)(=O)c1c(F)c(F)c(F)c(F)c1F.OB(O)C1=CCCCC1. The molecular weight excluding hydrogens is 1930 g/mol. The maximum absolute atomic E-state index is 13.5. The Morgan fingerprint density at radius 3 is 1.28 bits per heavy atom. The van der Waals surface area contributed by atoms with Crippen LogP contribution < -0.4 is 27.9 Å². The molecule has 7 N–H and O–H groups in total. The zero-order valence-corrected chi connectivity index (χ0v) is 82.5. The molecule has 10 aromatic rings. The van der Waals surface area contributed by atoms with E-state index in [4.69, 9.17) is 53.1 Å². The van der Waals surface area contributed by atoms with Crippen LogP contribution in [0.3, 0.4) is 0 Å². The molecule has 29 nitrogen and oxygen atoms in total. The first-order chi connectivity index (χ1) is 64.2. The molecule has 710 valence electrons. The van der Waals surface area contributed by atoms with E-state index in [1.807, 2.05) is 79.4 Å². The molecule has 0 amide bonds. The number of fused-ring (bicyclic) bond motifs is 2.